The van der Waals surface area contributed by atoms with Crippen LogP contribution in [0.15, 0.2) is 46.9 Å². The lowest BCUT2D eigenvalue weighted by Gasteiger charge is -2.28. The van der Waals surface area contributed by atoms with E-state index in [9.17, 15) is 0 Å². The number of fused-ring (bicyclic) bond motifs is 1. The summed E-state index contributed by atoms with van der Waals surface area (Å²) in [4.78, 5) is 0. The molecular formula is C17H18BrNO. The minimum absolute atomic E-state index is 0.213. The van der Waals surface area contributed by atoms with Gasteiger partial charge >= 0.3 is 0 Å². The van der Waals surface area contributed by atoms with Gasteiger partial charge in [-0.2, -0.15) is 0 Å². The molecule has 0 radical (unpaired) electrons. The Labute approximate surface area is 128 Å². The molecule has 0 aliphatic carbocycles. The number of hydrogen-bond donors (Lipinski definition) is 1. The zero-order valence-electron chi connectivity index (χ0n) is 11.7. The van der Waals surface area contributed by atoms with Gasteiger partial charge in [0.1, 0.15) is 12.4 Å². The summed E-state index contributed by atoms with van der Waals surface area (Å²) < 4.78 is 6.90. The summed E-state index contributed by atoms with van der Waals surface area (Å²) in [7, 11) is 0. The van der Waals surface area contributed by atoms with Gasteiger partial charge in [-0.25, -0.2) is 0 Å². The smallest absolute Gasteiger partial charge is 0.143 e. The van der Waals surface area contributed by atoms with Crippen LogP contribution in [-0.4, -0.2) is 6.61 Å². The maximum atomic E-state index is 5.86. The molecule has 0 amide bonds. The number of ether oxygens (including phenoxy) is 1. The third-order valence-corrected chi connectivity index (χ3v) is 4.18. The highest BCUT2D eigenvalue weighted by atomic mass is 79.9. The first kappa shape index (κ1) is 13.5. The van der Waals surface area contributed by atoms with Crippen LogP contribution in [-0.2, 0) is 0 Å². The van der Waals surface area contributed by atoms with E-state index in [1.165, 1.54) is 11.1 Å². The largest absolute Gasteiger partial charge is 0.489 e. The van der Waals surface area contributed by atoms with Gasteiger partial charge in [0.25, 0.3) is 0 Å². The van der Waals surface area contributed by atoms with Gasteiger partial charge in [-0.15, -0.1) is 0 Å². The second kappa shape index (κ2) is 5.49. The Morgan fingerprint density at radius 2 is 1.90 bits per heavy atom. The van der Waals surface area contributed by atoms with E-state index >= 15 is 0 Å². The van der Waals surface area contributed by atoms with Gasteiger partial charge in [0.2, 0.25) is 0 Å². The molecule has 20 heavy (non-hydrogen) atoms. The predicted octanol–water partition coefficient (Wildman–Crippen LogP) is 5.12. The number of benzene rings is 2. The van der Waals surface area contributed by atoms with Crippen LogP contribution in [0, 0.1) is 0 Å². The molecular weight excluding hydrogens is 314 g/mol. The standard InChI is InChI=1S/C17H18BrNO/c1-11(2)12-3-5-13(6-4-12)16-10-20-17-9-14(18)7-8-15(17)19-16/h3-9,11,16,19H,10H2,1-2H3. The zero-order valence-corrected chi connectivity index (χ0v) is 13.3. The van der Waals surface area contributed by atoms with Gasteiger partial charge in [-0.05, 0) is 35.2 Å². The molecule has 2 nitrogen and oxygen atoms in total. The first-order valence-corrected chi connectivity index (χ1v) is 7.71. The molecule has 0 fully saturated rings. The van der Waals surface area contributed by atoms with E-state index in [0.29, 0.717) is 12.5 Å². The van der Waals surface area contributed by atoms with Crippen LogP contribution in [0.1, 0.15) is 36.9 Å². The molecule has 1 unspecified atom stereocenters. The van der Waals surface area contributed by atoms with Gasteiger partial charge < -0.3 is 10.1 Å². The average molecular weight is 332 g/mol. The third-order valence-electron chi connectivity index (χ3n) is 3.68. The van der Waals surface area contributed by atoms with Crippen LogP contribution < -0.4 is 10.1 Å². The fourth-order valence-corrected chi connectivity index (χ4v) is 2.77. The number of rotatable bonds is 2. The zero-order chi connectivity index (χ0) is 14.1. The van der Waals surface area contributed by atoms with E-state index in [2.05, 4.69) is 59.4 Å². The fourth-order valence-electron chi connectivity index (χ4n) is 2.43. The third kappa shape index (κ3) is 2.68. The van der Waals surface area contributed by atoms with Crippen molar-refractivity contribution in [2.24, 2.45) is 0 Å². The molecule has 3 rings (SSSR count). The van der Waals surface area contributed by atoms with Gasteiger partial charge in [0.05, 0.1) is 11.7 Å². The maximum Gasteiger partial charge on any atom is 0.143 e. The average Bonchev–Trinajstić information content (AvgIpc) is 2.47. The van der Waals surface area contributed by atoms with Crippen molar-refractivity contribution in [1.82, 2.24) is 0 Å². The van der Waals surface area contributed by atoms with E-state index in [-0.39, 0.29) is 6.04 Å². The van der Waals surface area contributed by atoms with Crippen molar-refractivity contribution in [3.05, 3.63) is 58.1 Å². The Morgan fingerprint density at radius 3 is 2.60 bits per heavy atom. The Hall–Kier alpha value is -1.48. The molecule has 1 heterocycles. The normalized spacial score (nSPS) is 17.3. The summed E-state index contributed by atoms with van der Waals surface area (Å²) in [5.41, 5.74) is 3.69. The topological polar surface area (TPSA) is 21.3 Å². The van der Waals surface area contributed by atoms with Crippen LogP contribution in [0.3, 0.4) is 0 Å². The van der Waals surface area contributed by atoms with E-state index in [0.717, 1.165) is 15.9 Å². The summed E-state index contributed by atoms with van der Waals surface area (Å²) in [6, 6.07) is 15.1. The summed E-state index contributed by atoms with van der Waals surface area (Å²) in [5.74, 6) is 1.48. The SMILES string of the molecule is CC(C)c1ccc(C2COc3cc(Br)ccc3N2)cc1. The highest BCUT2D eigenvalue weighted by Gasteiger charge is 2.20. The second-order valence-electron chi connectivity index (χ2n) is 5.47. The molecule has 0 aromatic heterocycles. The monoisotopic (exact) mass is 331 g/mol. The summed E-state index contributed by atoms with van der Waals surface area (Å²) >= 11 is 3.46. The molecule has 0 saturated heterocycles. The van der Waals surface area contributed by atoms with Gasteiger partial charge in [0, 0.05) is 4.47 Å². The molecule has 1 aliphatic rings. The van der Waals surface area contributed by atoms with Crippen molar-refractivity contribution in [3.8, 4) is 5.75 Å². The van der Waals surface area contributed by atoms with Gasteiger partial charge in [-0.1, -0.05) is 54.0 Å². The first-order chi connectivity index (χ1) is 9.63. The van der Waals surface area contributed by atoms with Gasteiger partial charge in [0.15, 0.2) is 0 Å². The van der Waals surface area contributed by atoms with Crippen molar-refractivity contribution in [1.29, 1.82) is 0 Å². The van der Waals surface area contributed by atoms with Crippen LogP contribution in [0.2, 0.25) is 0 Å². The van der Waals surface area contributed by atoms with Crippen molar-refractivity contribution in [3.63, 3.8) is 0 Å². The first-order valence-electron chi connectivity index (χ1n) is 6.92. The second-order valence-corrected chi connectivity index (χ2v) is 6.39. The van der Waals surface area contributed by atoms with Crippen LogP contribution >= 0.6 is 15.9 Å². The number of nitrogens with one attached hydrogen (secondary N) is 1. The van der Waals surface area contributed by atoms with E-state index in [1.54, 1.807) is 0 Å². The predicted molar refractivity (Wildman–Crippen MR) is 86.5 cm³/mol. The minimum Gasteiger partial charge on any atom is -0.489 e. The summed E-state index contributed by atoms with van der Waals surface area (Å²) in [5, 5.41) is 3.54. The van der Waals surface area contributed by atoms with Crippen LogP contribution in [0.5, 0.6) is 5.75 Å². The molecule has 0 bridgehead atoms. The van der Waals surface area contributed by atoms with E-state index < -0.39 is 0 Å². The lowest BCUT2D eigenvalue weighted by molar-refractivity contribution is 0.286. The molecule has 1 N–H and O–H groups in total. The molecule has 3 heteroatoms. The number of hydrogen-bond acceptors (Lipinski definition) is 2. The molecule has 104 valence electrons. The molecule has 0 saturated carbocycles. The quantitative estimate of drug-likeness (QED) is 0.824. The lowest BCUT2D eigenvalue weighted by atomic mass is 9.99. The Morgan fingerprint density at radius 1 is 1.15 bits per heavy atom. The number of halogens is 1. The number of anilines is 1. The molecule has 1 aliphatic heterocycles. The highest BCUT2D eigenvalue weighted by molar-refractivity contribution is 9.10. The maximum absolute atomic E-state index is 5.86. The van der Waals surface area contributed by atoms with Crippen LogP contribution in [0.4, 0.5) is 5.69 Å². The lowest BCUT2D eigenvalue weighted by Crippen LogP contribution is -2.23. The minimum atomic E-state index is 0.213. The van der Waals surface area contributed by atoms with Crippen molar-refractivity contribution >= 4 is 21.6 Å². The Kier molecular flexibility index (Phi) is 3.70. The van der Waals surface area contributed by atoms with Gasteiger partial charge in [-0.3, -0.25) is 0 Å². The van der Waals surface area contributed by atoms with Crippen molar-refractivity contribution < 1.29 is 4.74 Å². The summed E-state index contributed by atoms with van der Waals surface area (Å²) in [6.45, 7) is 5.08. The van der Waals surface area contributed by atoms with E-state index in [4.69, 9.17) is 4.74 Å². The fraction of sp³-hybridized carbons (Fsp3) is 0.294. The molecule has 2 aromatic carbocycles. The molecule has 2 aromatic rings. The van der Waals surface area contributed by atoms with E-state index in [1.807, 2.05) is 18.2 Å². The molecule has 0 spiro atoms. The Balaban J connectivity index is 1.81. The molecule has 1 atom stereocenters. The summed E-state index contributed by atoms with van der Waals surface area (Å²) in [6.07, 6.45) is 0. The van der Waals surface area contributed by atoms with Crippen molar-refractivity contribution in [2.75, 3.05) is 11.9 Å². The van der Waals surface area contributed by atoms with Crippen LogP contribution in [0.25, 0.3) is 0 Å². The highest BCUT2D eigenvalue weighted by Crippen LogP contribution is 2.35. The van der Waals surface area contributed by atoms with Crippen molar-refractivity contribution in [2.45, 2.75) is 25.8 Å². The Bertz CT molecular complexity index is 607.